The van der Waals surface area contributed by atoms with Gasteiger partial charge in [-0.05, 0) is 71.3 Å². The molecule has 34 heteroatoms. The number of guanidine groups is 3. The number of esters is 3. The number of amides is 3. The molecule has 3 aromatic carbocycles. The molecule has 0 fully saturated rings. The summed E-state index contributed by atoms with van der Waals surface area (Å²) < 4.78 is 102. The quantitative estimate of drug-likeness (QED) is 0.0428. The van der Waals surface area contributed by atoms with E-state index >= 15 is 0 Å². The minimum absolute atomic E-state index is 0. The fourth-order valence-corrected chi connectivity index (χ4v) is 11.6. The van der Waals surface area contributed by atoms with Gasteiger partial charge in [-0.25, -0.2) is 85.6 Å². The van der Waals surface area contributed by atoms with E-state index in [-0.39, 0.29) is 96.4 Å². The minimum atomic E-state index is -1.72. The zero-order valence-electron chi connectivity index (χ0n) is 54.1. The predicted molar refractivity (Wildman–Crippen MR) is 349 cm³/mol. The molecule has 0 spiro atoms. The first kappa shape index (κ1) is 71.9. The summed E-state index contributed by atoms with van der Waals surface area (Å²) in [4.78, 5) is 118. The first-order valence-corrected chi connectivity index (χ1v) is 29.6. The van der Waals surface area contributed by atoms with Crippen molar-refractivity contribution in [2.24, 2.45) is 32.2 Å². The largest absolute Gasteiger partial charge is 0.464 e. The highest BCUT2D eigenvalue weighted by Gasteiger charge is 2.54. The number of benzene rings is 3. The Hall–Kier alpha value is -12.4. The monoisotopic (exact) mass is 1370 g/mol. The molecule has 3 atom stereocenters. The number of alkyl halides is 3. The molecule has 3 radical (unpaired) electrons. The molecule has 0 saturated heterocycles. The third-order valence-electron chi connectivity index (χ3n) is 16.6. The van der Waals surface area contributed by atoms with Gasteiger partial charge in [-0.2, -0.15) is 0 Å². The summed E-state index contributed by atoms with van der Waals surface area (Å²) in [7, 11) is 7.96. The normalized spacial score (nSPS) is 17.7. The molecule has 0 bridgehead atoms. The average molecular weight is 1370 g/mol. The molecule has 0 aliphatic carbocycles. The number of aliphatic imine (C=N–C) groups is 3. The van der Waals surface area contributed by atoms with Crippen molar-refractivity contribution >= 4 is 61.9 Å². The zero-order valence-corrected chi connectivity index (χ0v) is 54.1. The van der Waals surface area contributed by atoms with E-state index in [1.54, 1.807) is 0 Å². The van der Waals surface area contributed by atoms with Crippen LogP contribution in [-0.4, -0.2) is 183 Å². The topological polar surface area (TPSA) is 347 Å². The van der Waals surface area contributed by atoms with Crippen LogP contribution >= 0.6 is 0 Å². The number of aryl methyl sites for hydroxylation is 3. The first-order valence-electron chi connectivity index (χ1n) is 29.6. The number of nitrogens with two attached hydrogens (primary N) is 3. The van der Waals surface area contributed by atoms with Crippen LogP contribution in [0, 0.1) is 17.5 Å². The van der Waals surface area contributed by atoms with Crippen molar-refractivity contribution in [1.29, 1.82) is 0 Å². The SMILES string of the molecule is COC(=O)c1cc(C2(c3ccc(F)c(-c4cncnc4)c3)N=C(N)N(C)C2=O)cn1CCF.COC(=O)c1cc([C@@]2(c3ccc(F)c(-c4cncnc4)c3)N=C(N)N(C)C2=O)cn1CCF.COC(=O)c1cc([C@]2(c3ccc(F)c(-c4cncnc4)c3)N=C(N)N(C)C2=O)cn1CCF.[B]. The van der Waals surface area contributed by atoms with Crippen molar-refractivity contribution < 1.29 is 69.3 Å². The van der Waals surface area contributed by atoms with Gasteiger partial charge in [-0.1, -0.05) is 18.2 Å². The lowest BCUT2D eigenvalue weighted by Gasteiger charge is -2.25. The van der Waals surface area contributed by atoms with Crippen molar-refractivity contribution in [3.05, 3.63) is 215 Å². The van der Waals surface area contributed by atoms with Gasteiger partial charge in [0.15, 0.2) is 34.5 Å². The van der Waals surface area contributed by atoms with Crippen LogP contribution in [0.5, 0.6) is 0 Å². The van der Waals surface area contributed by atoms with Gasteiger partial charge in [0, 0.05) is 135 Å². The maximum absolute atomic E-state index is 14.7. The fourth-order valence-electron chi connectivity index (χ4n) is 11.6. The molecule has 1 unspecified atom stereocenters. The van der Waals surface area contributed by atoms with Gasteiger partial charge in [0.1, 0.15) is 73.5 Å². The van der Waals surface area contributed by atoms with E-state index in [9.17, 15) is 55.1 Å². The van der Waals surface area contributed by atoms with Crippen molar-refractivity contribution in [2.75, 3.05) is 62.5 Å². The molecule has 6 aromatic heterocycles. The number of nitrogens with zero attached hydrogens (tertiary/aromatic N) is 15. The molecule has 0 saturated carbocycles. The molecule has 12 rings (SSSR count). The predicted octanol–water partition coefficient (Wildman–Crippen LogP) is 5.23. The van der Waals surface area contributed by atoms with Crippen LogP contribution in [0.15, 0.2) is 163 Å². The Bertz CT molecular complexity index is 4250. The van der Waals surface area contributed by atoms with E-state index in [4.69, 9.17) is 31.4 Å². The minimum Gasteiger partial charge on any atom is -0.464 e. The van der Waals surface area contributed by atoms with Crippen LogP contribution in [0.4, 0.5) is 26.3 Å². The Balaban J connectivity index is 0.000000174. The summed E-state index contributed by atoms with van der Waals surface area (Å²) in [5.74, 6) is -5.52. The third-order valence-corrected chi connectivity index (χ3v) is 16.6. The van der Waals surface area contributed by atoms with Crippen LogP contribution in [0.25, 0.3) is 33.4 Å². The summed E-state index contributed by atoms with van der Waals surface area (Å²) in [5, 5.41) is 0. The Labute approximate surface area is 567 Å². The molecular weight excluding hydrogens is 1310 g/mol. The number of halogens is 6. The number of methoxy groups -OCH3 is 3. The Morgan fingerprint density at radius 3 is 0.850 bits per heavy atom. The number of hydrogen-bond donors (Lipinski definition) is 3. The van der Waals surface area contributed by atoms with Gasteiger partial charge < -0.3 is 45.1 Å². The smallest absolute Gasteiger partial charge is 0.354 e. The third kappa shape index (κ3) is 12.8. The number of rotatable bonds is 18. The number of ether oxygens (including phenoxy) is 3. The molecule has 3 aliphatic heterocycles. The van der Waals surface area contributed by atoms with Crippen LogP contribution in [-0.2, 0) is 64.8 Å². The number of likely N-dealkylation sites (N-methyl/N-ethyl adjacent to an activating group) is 3. The molecule has 27 nitrogen and oxygen atoms in total. The number of carbonyl (C=O) groups excluding carboxylic acids is 6. The van der Waals surface area contributed by atoms with Crippen molar-refractivity contribution in [3.63, 3.8) is 0 Å². The number of carbonyl (C=O) groups is 6. The molecule has 6 N–H and O–H groups in total. The molecule has 3 aliphatic rings. The van der Waals surface area contributed by atoms with Gasteiger partial charge in [0.25, 0.3) is 17.7 Å². The molecule has 3 amide bonds. The number of hydrogen-bond acceptors (Lipinski definition) is 21. The second kappa shape index (κ2) is 29.5. The maximum Gasteiger partial charge on any atom is 0.354 e. The lowest BCUT2D eigenvalue weighted by atomic mass is 9.83. The van der Waals surface area contributed by atoms with E-state index in [2.05, 4.69) is 44.9 Å². The molecule has 9 heterocycles. The lowest BCUT2D eigenvalue weighted by molar-refractivity contribution is -0.130. The van der Waals surface area contributed by atoms with Crippen molar-refractivity contribution in [1.82, 2.24) is 58.3 Å². The highest BCUT2D eigenvalue weighted by Crippen LogP contribution is 2.45. The number of aromatic nitrogens is 9. The first-order chi connectivity index (χ1) is 47.5. The van der Waals surface area contributed by atoms with E-state index < -0.39 is 89.7 Å². The van der Waals surface area contributed by atoms with Gasteiger partial charge >= 0.3 is 17.9 Å². The van der Waals surface area contributed by atoms with Crippen LogP contribution < -0.4 is 17.2 Å². The van der Waals surface area contributed by atoms with Crippen LogP contribution in [0.3, 0.4) is 0 Å². The average Bonchev–Trinajstić information content (AvgIpc) is 1.56. The molecule has 513 valence electrons. The van der Waals surface area contributed by atoms with Gasteiger partial charge in [-0.15, -0.1) is 0 Å². The van der Waals surface area contributed by atoms with E-state index in [0.29, 0.717) is 33.4 Å². The standard InChI is InChI=1S/3C22H20F2N6O3.B/c3*1-29-20(32)22(28-21(29)25,15-8-18(19(31)33-2)30(11-15)6-5-23)14-3-4-17(24)16(7-14)13-9-26-12-27-10-13;/h3*3-4,7-12H,5-6H2,1-2H3,(H2,25,28);/t2*22-;;/m10../s1. The highest BCUT2D eigenvalue weighted by atomic mass is 19.1. The fraction of sp³-hybridized carbons (Fsp3) is 0.227. The maximum atomic E-state index is 14.7. The summed E-state index contributed by atoms with van der Waals surface area (Å²) in [6, 6.07) is 16.5. The summed E-state index contributed by atoms with van der Waals surface area (Å²) >= 11 is 0. The van der Waals surface area contributed by atoms with Crippen molar-refractivity contribution in [3.8, 4) is 33.4 Å². The van der Waals surface area contributed by atoms with E-state index in [1.165, 1.54) is 218 Å². The van der Waals surface area contributed by atoms with E-state index in [1.807, 2.05) is 0 Å². The summed E-state index contributed by atoms with van der Waals surface area (Å²) in [5.41, 5.74) is 16.3. The Kier molecular flexibility index (Phi) is 21.2. The lowest BCUT2D eigenvalue weighted by Crippen LogP contribution is -2.41. The van der Waals surface area contributed by atoms with Crippen LogP contribution in [0.2, 0.25) is 0 Å². The summed E-state index contributed by atoms with van der Waals surface area (Å²) in [6.45, 7) is -2.67. The van der Waals surface area contributed by atoms with Crippen LogP contribution in [0.1, 0.15) is 64.8 Å². The second-order valence-electron chi connectivity index (χ2n) is 22.1. The molecule has 100 heavy (non-hydrogen) atoms. The van der Waals surface area contributed by atoms with Gasteiger partial charge in [-0.3, -0.25) is 29.1 Å². The Morgan fingerprint density at radius 2 is 0.650 bits per heavy atom. The molecule has 9 aromatic rings. The van der Waals surface area contributed by atoms with Gasteiger partial charge in [0.2, 0.25) is 0 Å². The van der Waals surface area contributed by atoms with Crippen molar-refractivity contribution in [2.45, 2.75) is 36.3 Å². The van der Waals surface area contributed by atoms with E-state index in [0.717, 1.165) is 0 Å². The Morgan fingerprint density at radius 1 is 0.410 bits per heavy atom. The highest BCUT2D eigenvalue weighted by molar-refractivity contribution is 6.11. The summed E-state index contributed by atoms with van der Waals surface area (Å²) in [6.07, 6.45) is 16.9. The van der Waals surface area contributed by atoms with Gasteiger partial charge in [0.05, 0.1) is 41.0 Å². The molecular formula is C66H60BF6N18O9. The zero-order chi connectivity index (χ0) is 71.3. The second-order valence-corrected chi connectivity index (χ2v) is 22.1.